The number of nitriles is 1. The first kappa shape index (κ1) is 17.2. The van der Waals surface area contributed by atoms with Gasteiger partial charge in [0, 0.05) is 25.9 Å². The molecular weight excluding hydrogens is 297 g/mol. The predicted molar refractivity (Wildman–Crippen MR) is 84.2 cm³/mol. The molecule has 0 aromatic heterocycles. The molecule has 1 aromatic carbocycles. The average molecular weight is 319 g/mol. The lowest BCUT2D eigenvalue weighted by Gasteiger charge is -2.34. The number of amides is 1. The lowest BCUT2D eigenvalue weighted by Crippen LogP contribution is -2.50. The Morgan fingerprint density at radius 2 is 2.09 bits per heavy atom. The Morgan fingerprint density at radius 3 is 2.65 bits per heavy atom. The molecule has 6 heteroatoms. The van der Waals surface area contributed by atoms with Crippen LogP contribution in [0.1, 0.15) is 32.3 Å². The third kappa shape index (κ3) is 4.20. The molecule has 23 heavy (non-hydrogen) atoms. The highest BCUT2D eigenvalue weighted by molar-refractivity contribution is 5.82. The van der Waals surface area contributed by atoms with Crippen LogP contribution >= 0.6 is 0 Å². The summed E-state index contributed by atoms with van der Waals surface area (Å²) in [5.41, 5.74) is 6.09. The van der Waals surface area contributed by atoms with Crippen LogP contribution in [0.25, 0.3) is 0 Å². The number of likely N-dealkylation sites (tertiary alicyclic amines) is 1. The maximum Gasteiger partial charge on any atom is 0.239 e. The van der Waals surface area contributed by atoms with Crippen LogP contribution in [0.2, 0.25) is 0 Å². The molecule has 0 saturated carbocycles. The summed E-state index contributed by atoms with van der Waals surface area (Å²) in [6.45, 7) is 5.01. The van der Waals surface area contributed by atoms with Gasteiger partial charge >= 0.3 is 0 Å². The van der Waals surface area contributed by atoms with E-state index in [1.54, 1.807) is 4.90 Å². The van der Waals surface area contributed by atoms with E-state index in [1.165, 1.54) is 12.1 Å². The van der Waals surface area contributed by atoms with Gasteiger partial charge in [0.2, 0.25) is 5.91 Å². The molecule has 1 aliphatic heterocycles. The van der Waals surface area contributed by atoms with Gasteiger partial charge < -0.3 is 15.4 Å². The van der Waals surface area contributed by atoms with E-state index < -0.39 is 11.9 Å². The zero-order chi connectivity index (χ0) is 17.0. The highest BCUT2D eigenvalue weighted by Gasteiger charge is 2.28. The number of hydrogen-bond donors (Lipinski definition) is 1. The van der Waals surface area contributed by atoms with Gasteiger partial charge in [-0.3, -0.25) is 4.79 Å². The minimum Gasteiger partial charge on any atom is -0.489 e. The molecule has 1 fully saturated rings. The molecular formula is C17H22FN3O2. The molecule has 0 spiro atoms. The summed E-state index contributed by atoms with van der Waals surface area (Å²) in [5.74, 6) is 0.00127. The molecule has 1 atom stereocenters. The number of nitrogens with two attached hydrogens (primary N) is 1. The minimum atomic E-state index is -0.477. The molecule has 0 bridgehead atoms. The van der Waals surface area contributed by atoms with Gasteiger partial charge in [-0.2, -0.15) is 5.26 Å². The fourth-order valence-electron chi connectivity index (χ4n) is 2.56. The zero-order valence-electron chi connectivity index (χ0n) is 13.5. The third-order valence-electron chi connectivity index (χ3n) is 4.11. The fourth-order valence-corrected chi connectivity index (χ4v) is 2.56. The molecule has 1 amide bonds. The van der Waals surface area contributed by atoms with E-state index in [0.717, 1.165) is 6.07 Å². The molecule has 0 radical (unpaired) electrons. The topological polar surface area (TPSA) is 79.3 Å². The molecule has 124 valence electrons. The van der Waals surface area contributed by atoms with Crippen LogP contribution in [-0.2, 0) is 4.79 Å². The third-order valence-corrected chi connectivity index (χ3v) is 4.11. The molecule has 0 aliphatic carbocycles. The lowest BCUT2D eigenvalue weighted by atomic mass is 10.0. The maximum atomic E-state index is 13.1. The Kier molecular flexibility index (Phi) is 5.56. The van der Waals surface area contributed by atoms with Crippen molar-refractivity contribution in [2.45, 2.75) is 38.8 Å². The van der Waals surface area contributed by atoms with Gasteiger partial charge in [0.15, 0.2) is 0 Å². The number of hydrogen-bond acceptors (Lipinski definition) is 4. The first-order chi connectivity index (χ1) is 10.9. The second-order valence-corrected chi connectivity index (χ2v) is 6.16. The van der Waals surface area contributed by atoms with Gasteiger partial charge in [-0.15, -0.1) is 0 Å². The average Bonchev–Trinajstić information content (AvgIpc) is 2.55. The van der Waals surface area contributed by atoms with Crippen molar-refractivity contribution in [2.24, 2.45) is 11.7 Å². The zero-order valence-corrected chi connectivity index (χ0v) is 13.5. The molecule has 2 rings (SSSR count). The van der Waals surface area contributed by atoms with Crippen molar-refractivity contribution in [3.63, 3.8) is 0 Å². The summed E-state index contributed by atoms with van der Waals surface area (Å²) in [7, 11) is 0. The Morgan fingerprint density at radius 1 is 1.43 bits per heavy atom. The van der Waals surface area contributed by atoms with Crippen LogP contribution in [0, 0.1) is 23.1 Å². The Balaban J connectivity index is 1.93. The van der Waals surface area contributed by atoms with E-state index in [0.29, 0.717) is 31.7 Å². The number of carbonyl (C=O) groups is 1. The standard InChI is InChI=1S/C17H22FN3O2/c1-11(2)16(20)17(22)21-7-5-14(6-8-21)23-15-4-3-13(18)9-12(15)10-19/h3-4,9,11,14,16H,5-8,20H2,1-2H3/t16-/m0/s1. The summed E-state index contributed by atoms with van der Waals surface area (Å²) in [6.07, 6.45) is 1.24. The van der Waals surface area contributed by atoms with Crippen molar-refractivity contribution in [1.82, 2.24) is 4.90 Å². The monoisotopic (exact) mass is 319 g/mol. The lowest BCUT2D eigenvalue weighted by molar-refractivity contribution is -0.135. The van der Waals surface area contributed by atoms with Crippen molar-refractivity contribution < 1.29 is 13.9 Å². The van der Waals surface area contributed by atoms with E-state index >= 15 is 0 Å². The number of nitrogens with zero attached hydrogens (tertiary/aromatic N) is 2. The van der Waals surface area contributed by atoms with Crippen molar-refractivity contribution in [3.8, 4) is 11.8 Å². The van der Waals surface area contributed by atoms with E-state index in [-0.39, 0.29) is 23.5 Å². The molecule has 1 aliphatic rings. The Bertz CT molecular complexity index is 604. The minimum absolute atomic E-state index is 0.0297. The van der Waals surface area contributed by atoms with Crippen molar-refractivity contribution >= 4 is 5.91 Å². The molecule has 2 N–H and O–H groups in total. The highest BCUT2D eigenvalue weighted by Crippen LogP contribution is 2.24. The Hall–Kier alpha value is -2.13. The van der Waals surface area contributed by atoms with Crippen LogP contribution in [0.3, 0.4) is 0 Å². The van der Waals surface area contributed by atoms with Crippen LogP contribution in [-0.4, -0.2) is 36.0 Å². The van der Waals surface area contributed by atoms with Gasteiger partial charge in [0.25, 0.3) is 0 Å². The van der Waals surface area contributed by atoms with E-state index in [9.17, 15) is 9.18 Å². The molecule has 1 aromatic rings. The molecule has 1 saturated heterocycles. The summed E-state index contributed by atoms with van der Waals surface area (Å²) < 4.78 is 18.9. The number of halogens is 1. The largest absolute Gasteiger partial charge is 0.489 e. The quantitative estimate of drug-likeness (QED) is 0.921. The fraction of sp³-hybridized carbons (Fsp3) is 0.529. The number of rotatable bonds is 4. The first-order valence-corrected chi connectivity index (χ1v) is 7.83. The van der Waals surface area contributed by atoms with Gasteiger partial charge in [0.1, 0.15) is 23.7 Å². The van der Waals surface area contributed by atoms with Crippen LogP contribution in [0.5, 0.6) is 5.75 Å². The second-order valence-electron chi connectivity index (χ2n) is 6.16. The van der Waals surface area contributed by atoms with E-state index in [4.69, 9.17) is 15.7 Å². The van der Waals surface area contributed by atoms with Crippen molar-refractivity contribution in [1.29, 1.82) is 5.26 Å². The highest BCUT2D eigenvalue weighted by atomic mass is 19.1. The van der Waals surface area contributed by atoms with Crippen LogP contribution in [0.15, 0.2) is 18.2 Å². The predicted octanol–water partition coefficient (Wildman–Crippen LogP) is 2.05. The summed E-state index contributed by atoms with van der Waals surface area (Å²) in [5, 5.41) is 9.04. The van der Waals surface area contributed by atoms with Crippen molar-refractivity contribution in [3.05, 3.63) is 29.6 Å². The molecule has 1 heterocycles. The first-order valence-electron chi connectivity index (χ1n) is 7.83. The molecule has 5 nitrogen and oxygen atoms in total. The summed E-state index contributed by atoms with van der Waals surface area (Å²) in [4.78, 5) is 14.0. The Labute approximate surface area is 135 Å². The number of carbonyl (C=O) groups excluding carboxylic acids is 1. The number of ether oxygens (including phenoxy) is 1. The van der Waals surface area contributed by atoms with Gasteiger partial charge in [0.05, 0.1) is 11.6 Å². The molecule has 0 unspecified atom stereocenters. The van der Waals surface area contributed by atoms with Gasteiger partial charge in [-0.05, 0) is 24.1 Å². The maximum absolute atomic E-state index is 13.1. The summed E-state index contributed by atoms with van der Waals surface area (Å²) >= 11 is 0. The van der Waals surface area contributed by atoms with Crippen molar-refractivity contribution in [2.75, 3.05) is 13.1 Å². The normalized spacial score (nSPS) is 17.0. The van der Waals surface area contributed by atoms with E-state index in [1.807, 2.05) is 19.9 Å². The van der Waals surface area contributed by atoms with Crippen LogP contribution < -0.4 is 10.5 Å². The van der Waals surface area contributed by atoms with Gasteiger partial charge in [-0.25, -0.2) is 4.39 Å². The van der Waals surface area contributed by atoms with Crippen LogP contribution in [0.4, 0.5) is 4.39 Å². The number of piperidine rings is 1. The van der Waals surface area contributed by atoms with Gasteiger partial charge in [-0.1, -0.05) is 13.8 Å². The summed E-state index contributed by atoms with van der Waals surface area (Å²) in [6, 6.07) is 5.37. The van der Waals surface area contributed by atoms with E-state index in [2.05, 4.69) is 0 Å². The smallest absolute Gasteiger partial charge is 0.239 e. The second kappa shape index (κ2) is 7.42. The SMILES string of the molecule is CC(C)[C@H](N)C(=O)N1CCC(Oc2ccc(F)cc2C#N)CC1. The number of benzene rings is 1.